The molecule has 0 spiro atoms. The molecule has 0 saturated carbocycles. The third-order valence-electron chi connectivity index (χ3n) is 8.72. The Bertz CT molecular complexity index is 1140. The summed E-state index contributed by atoms with van der Waals surface area (Å²) in [4.78, 5) is 32.6. The molecule has 3 amide bonds. The van der Waals surface area contributed by atoms with Crippen molar-refractivity contribution >= 4 is 17.8 Å². The number of halogens is 1. The number of carbonyl (C=O) groups excluding carboxylic acids is 1. The number of hydrogen-bond acceptors (Lipinski definition) is 3. The average molecular weight is 525 g/mol. The van der Waals surface area contributed by atoms with Crippen molar-refractivity contribution in [2.75, 3.05) is 44.7 Å². The van der Waals surface area contributed by atoms with Crippen molar-refractivity contribution in [1.82, 2.24) is 14.7 Å². The Morgan fingerprint density at radius 2 is 1.71 bits per heavy atom. The van der Waals surface area contributed by atoms with E-state index in [1.54, 1.807) is 29.0 Å². The molecule has 4 rings (SSSR count). The first-order chi connectivity index (χ1) is 17.9. The standard InChI is InChI=1S/C30H41FN4O3/c1-29(2,3)30(4)21-33(17-18-35(30)28(37)38)20-22-9-11-26(12-10-22)32(5)27(36)34-15-13-23(14-16-34)24-7-6-8-25(31)19-24/h6-12,19,23H,13-18,20-21H2,1-5H3,(H,37,38)/t30-/m1/s1. The third-order valence-corrected chi connectivity index (χ3v) is 8.72. The highest BCUT2D eigenvalue weighted by molar-refractivity contribution is 5.91. The molecule has 1 atom stereocenters. The molecular weight excluding hydrogens is 483 g/mol. The van der Waals surface area contributed by atoms with Gasteiger partial charge in [0.2, 0.25) is 0 Å². The molecule has 8 heteroatoms. The minimum Gasteiger partial charge on any atom is -0.465 e. The van der Waals surface area contributed by atoms with Crippen LogP contribution >= 0.6 is 0 Å². The van der Waals surface area contributed by atoms with Gasteiger partial charge in [-0.2, -0.15) is 0 Å². The minimum absolute atomic E-state index is 0.0267. The molecule has 2 saturated heterocycles. The van der Waals surface area contributed by atoms with Crippen molar-refractivity contribution < 1.29 is 19.1 Å². The van der Waals surface area contributed by atoms with Gasteiger partial charge in [-0.25, -0.2) is 14.0 Å². The van der Waals surface area contributed by atoms with E-state index in [0.717, 1.165) is 36.2 Å². The summed E-state index contributed by atoms with van der Waals surface area (Å²) in [6, 6.07) is 14.8. The second-order valence-corrected chi connectivity index (χ2v) is 12.0. The van der Waals surface area contributed by atoms with Crippen LogP contribution in [-0.4, -0.2) is 77.2 Å². The number of rotatable bonds is 4. The molecule has 206 valence electrons. The molecule has 7 nitrogen and oxygen atoms in total. The number of carboxylic acid groups (broad SMARTS) is 1. The number of anilines is 1. The number of amides is 3. The maximum atomic E-state index is 13.6. The van der Waals surface area contributed by atoms with Crippen LogP contribution in [0.5, 0.6) is 0 Å². The normalized spacial score (nSPS) is 21.4. The minimum atomic E-state index is -0.864. The SMILES string of the molecule is CN(C(=O)N1CCC(c2cccc(F)c2)CC1)c1ccc(CN2CCN(C(=O)O)[C@@](C)(C(C)(C)C)C2)cc1. The van der Waals surface area contributed by atoms with Gasteiger partial charge < -0.3 is 10.0 Å². The van der Waals surface area contributed by atoms with E-state index in [9.17, 15) is 19.1 Å². The molecule has 2 aliphatic heterocycles. The fourth-order valence-electron chi connectivity index (χ4n) is 5.74. The van der Waals surface area contributed by atoms with Crippen LogP contribution in [0.4, 0.5) is 19.7 Å². The monoisotopic (exact) mass is 524 g/mol. The molecule has 0 unspecified atom stereocenters. The number of hydrogen-bond donors (Lipinski definition) is 1. The van der Waals surface area contributed by atoms with Crippen LogP contribution in [0.25, 0.3) is 0 Å². The molecule has 0 aliphatic carbocycles. The largest absolute Gasteiger partial charge is 0.465 e. The zero-order valence-electron chi connectivity index (χ0n) is 23.3. The molecular formula is C30H41FN4O3. The van der Waals surface area contributed by atoms with Crippen LogP contribution in [0.3, 0.4) is 0 Å². The first-order valence-electron chi connectivity index (χ1n) is 13.5. The Labute approximate surface area is 225 Å². The number of nitrogens with zero attached hydrogens (tertiary/aromatic N) is 4. The highest BCUT2D eigenvalue weighted by Gasteiger charge is 2.48. The van der Waals surface area contributed by atoms with Crippen molar-refractivity contribution in [3.05, 3.63) is 65.5 Å². The maximum Gasteiger partial charge on any atom is 0.407 e. The molecule has 2 aromatic rings. The van der Waals surface area contributed by atoms with E-state index in [1.165, 1.54) is 6.07 Å². The van der Waals surface area contributed by atoms with Crippen LogP contribution < -0.4 is 4.90 Å². The van der Waals surface area contributed by atoms with Crippen LogP contribution in [0.15, 0.2) is 48.5 Å². The summed E-state index contributed by atoms with van der Waals surface area (Å²) in [6.45, 7) is 12.2. The maximum absolute atomic E-state index is 13.6. The molecule has 2 aliphatic rings. The second-order valence-electron chi connectivity index (χ2n) is 12.0. The van der Waals surface area contributed by atoms with Crippen LogP contribution in [-0.2, 0) is 6.54 Å². The van der Waals surface area contributed by atoms with Crippen LogP contribution in [0.1, 0.15) is 57.6 Å². The zero-order valence-corrected chi connectivity index (χ0v) is 23.3. The van der Waals surface area contributed by atoms with E-state index in [4.69, 9.17) is 0 Å². The Balaban J connectivity index is 1.34. The molecule has 1 N–H and O–H groups in total. The van der Waals surface area contributed by atoms with Gasteiger partial charge in [0.15, 0.2) is 0 Å². The lowest BCUT2D eigenvalue weighted by atomic mass is 9.72. The van der Waals surface area contributed by atoms with Gasteiger partial charge in [-0.1, -0.05) is 45.0 Å². The summed E-state index contributed by atoms with van der Waals surface area (Å²) in [5.74, 6) is 0.0618. The number of benzene rings is 2. The summed E-state index contributed by atoms with van der Waals surface area (Å²) < 4.78 is 13.6. The van der Waals surface area contributed by atoms with E-state index in [1.807, 2.05) is 42.2 Å². The highest BCUT2D eigenvalue weighted by atomic mass is 19.1. The van der Waals surface area contributed by atoms with E-state index >= 15 is 0 Å². The van der Waals surface area contributed by atoms with Gasteiger partial charge in [-0.15, -0.1) is 0 Å². The Morgan fingerprint density at radius 3 is 2.29 bits per heavy atom. The lowest BCUT2D eigenvalue weighted by Crippen LogP contribution is -2.67. The molecule has 2 aromatic carbocycles. The number of likely N-dealkylation sites (tertiary alicyclic amines) is 1. The lowest BCUT2D eigenvalue weighted by Gasteiger charge is -2.54. The molecule has 0 radical (unpaired) electrons. The fraction of sp³-hybridized carbons (Fsp3) is 0.533. The predicted molar refractivity (Wildman–Crippen MR) is 148 cm³/mol. The van der Waals surface area contributed by atoms with Gasteiger partial charge in [0.1, 0.15) is 5.82 Å². The number of carbonyl (C=O) groups is 2. The number of piperazine rings is 1. The van der Waals surface area contributed by atoms with E-state index in [0.29, 0.717) is 32.7 Å². The Hall–Kier alpha value is -3.13. The zero-order chi connectivity index (χ0) is 27.7. The molecule has 0 bridgehead atoms. The smallest absolute Gasteiger partial charge is 0.407 e. The van der Waals surface area contributed by atoms with Crippen LogP contribution in [0.2, 0.25) is 0 Å². The topological polar surface area (TPSA) is 67.3 Å². The van der Waals surface area contributed by atoms with E-state index in [-0.39, 0.29) is 23.2 Å². The van der Waals surface area contributed by atoms with Gasteiger partial charge in [-0.3, -0.25) is 14.7 Å². The molecule has 2 heterocycles. The lowest BCUT2D eigenvalue weighted by molar-refractivity contribution is -0.0462. The first kappa shape index (κ1) is 27.9. The third kappa shape index (κ3) is 5.80. The van der Waals surface area contributed by atoms with Crippen molar-refractivity contribution in [1.29, 1.82) is 0 Å². The highest BCUT2D eigenvalue weighted by Crippen LogP contribution is 2.39. The Kier molecular flexibility index (Phi) is 8.02. The summed E-state index contributed by atoms with van der Waals surface area (Å²) in [6.07, 6.45) is 0.784. The van der Waals surface area contributed by atoms with Gasteiger partial charge >= 0.3 is 12.1 Å². The van der Waals surface area contributed by atoms with Crippen molar-refractivity contribution in [2.24, 2.45) is 5.41 Å². The van der Waals surface area contributed by atoms with E-state index < -0.39 is 11.6 Å². The average Bonchev–Trinajstić information content (AvgIpc) is 2.87. The van der Waals surface area contributed by atoms with Gasteiger partial charge in [0, 0.05) is 52.0 Å². The number of urea groups is 1. The fourth-order valence-corrected chi connectivity index (χ4v) is 5.74. The summed E-state index contributed by atoms with van der Waals surface area (Å²) in [7, 11) is 1.80. The van der Waals surface area contributed by atoms with Crippen molar-refractivity contribution in [3.8, 4) is 0 Å². The summed E-state index contributed by atoms with van der Waals surface area (Å²) in [5.41, 5.74) is 2.27. The summed E-state index contributed by atoms with van der Waals surface area (Å²) in [5, 5.41) is 9.77. The summed E-state index contributed by atoms with van der Waals surface area (Å²) >= 11 is 0. The number of piperidine rings is 1. The van der Waals surface area contributed by atoms with E-state index in [2.05, 4.69) is 25.7 Å². The second kappa shape index (κ2) is 10.9. The Morgan fingerprint density at radius 1 is 1.05 bits per heavy atom. The van der Waals surface area contributed by atoms with Gasteiger partial charge in [-0.05, 0) is 66.5 Å². The van der Waals surface area contributed by atoms with Gasteiger partial charge in [0.25, 0.3) is 0 Å². The predicted octanol–water partition coefficient (Wildman–Crippen LogP) is 5.86. The first-order valence-corrected chi connectivity index (χ1v) is 13.5. The molecule has 0 aromatic heterocycles. The molecule has 2 fully saturated rings. The quantitative estimate of drug-likeness (QED) is 0.544. The van der Waals surface area contributed by atoms with Gasteiger partial charge in [0.05, 0.1) is 5.54 Å². The van der Waals surface area contributed by atoms with Crippen molar-refractivity contribution in [2.45, 2.75) is 58.5 Å². The van der Waals surface area contributed by atoms with Crippen molar-refractivity contribution in [3.63, 3.8) is 0 Å². The molecule has 38 heavy (non-hydrogen) atoms. The van der Waals surface area contributed by atoms with Crippen LogP contribution in [0, 0.1) is 11.2 Å².